The van der Waals surface area contributed by atoms with E-state index in [1.165, 1.54) is 18.3 Å². The second-order valence-electron chi connectivity index (χ2n) is 3.97. The average Bonchev–Trinajstić information content (AvgIpc) is 2.40. The van der Waals surface area contributed by atoms with E-state index in [4.69, 9.17) is 33.1 Å². The molecule has 0 unspecified atom stereocenters. The molecule has 0 saturated heterocycles. The van der Waals surface area contributed by atoms with Gasteiger partial charge in [-0.1, -0.05) is 40.5 Å². The summed E-state index contributed by atoms with van der Waals surface area (Å²) in [6, 6.07) is 9.06. The second-order valence-corrected chi connectivity index (χ2v) is 4.79. The fraction of sp³-hybridized carbons (Fsp3) is 0.0714. The molecule has 2 rings (SSSR count). The van der Waals surface area contributed by atoms with E-state index in [1.807, 2.05) is 0 Å². The predicted molar refractivity (Wildman–Crippen MR) is 76.6 cm³/mol. The molecule has 0 bridgehead atoms. The Morgan fingerprint density at radius 2 is 1.75 bits per heavy atom. The van der Waals surface area contributed by atoms with Gasteiger partial charge in [-0.25, -0.2) is 4.39 Å². The van der Waals surface area contributed by atoms with Gasteiger partial charge in [0.05, 0.1) is 16.3 Å². The van der Waals surface area contributed by atoms with Gasteiger partial charge in [-0.2, -0.15) is 0 Å². The fourth-order valence-corrected chi connectivity index (χ4v) is 2.21. The molecular weight excluding hydrogens is 304 g/mol. The first-order valence-corrected chi connectivity index (χ1v) is 6.39. The zero-order valence-corrected chi connectivity index (χ0v) is 11.7. The Bertz CT molecular complexity index is 607. The van der Waals surface area contributed by atoms with Crippen LogP contribution in [0.3, 0.4) is 0 Å². The maximum Gasteiger partial charge on any atom is 0.157 e. The molecule has 0 atom stereocenters. The smallest absolute Gasteiger partial charge is 0.157 e. The molecule has 2 aromatic rings. The van der Waals surface area contributed by atoms with Crippen LogP contribution in [-0.4, -0.2) is 11.4 Å². The number of rotatable bonds is 4. The summed E-state index contributed by atoms with van der Waals surface area (Å²) < 4.78 is 18.3. The van der Waals surface area contributed by atoms with Gasteiger partial charge < -0.3 is 9.94 Å². The molecule has 0 heterocycles. The van der Waals surface area contributed by atoms with Crippen molar-refractivity contribution in [1.29, 1.82) is 0 Å². The van der Waals surface area contributed by atoms with E-state index >= 15 is 0 Å². The molecule has 3 nitrogen and oxygen atoms in total. The monoisotopic (exact) mass is 313 g/mol. The molecule has 0 radical (unpaired) electrons. The van der Waals surface area contributed by atoms with Crippen LogP contribution in [0.2, 0.25) is 10.0 Å². The molecule has 1 N–H and O–H groups in total. The van der Waals surface area contributed by atoms with Crippen molar-refractivity contribution in [3.8, 4) is 5.75 Å². The largest absolute Gasteiger partial charge is 0.486 e. The molecule has 2 aromatic carbocycles. The standard InChI is InChI=1S/C14H10Cl2FNO2/c15-12-5-10(7-18-19)6-13(16)14(12)20-8-9-1-3-11(17)4-2-9/h1-7,19H,8H2/b18-7+. The minimum absolute atomic E-state index is 0.215. The van der Waals surface area contributed by atoms with E-state index in [1.54, 1.807) is 24.3 Å². The molecule has 0 spiro atoms. The van der Waals surface area contributed by atoms with Crippen molar-refractivity contribution in [3.63, 3.8) is 0 Å². The Balaban J connectivity index is 2.15. The molecule has 20 heavy (non-hydrogen) atoms. The minimum atomic E-state index is -0.308. The van der Waals surface area contributed by atoms with E-state index in [9.17, 15) is 4.39 Å². The molecule has 6 heteroatoms. The average molecular weight is 314 g/mol. The maximum atomic E-state index is 12.8. The summed E-state index contributed by atoms with van der Waals surface area (Å²) in [5.41, 5.74) is 1.34. The number of oxime groups is 1. The van der Waals surface area contributed by atoms with Gasteiger partial charge in [-0.15, -0.1) is 0 Å². The van der Waals surface area contributed by atoms with Gasteiger partial charge in [0.1, 0.15) is 12.4 Å². The van der Waals surface area contributed by atoms with Gasteiger partial charge in [0, 0.05) is 0 Å². The van der Waals surface area contributed by atoms with Crippen LogP contribution in [0.1, 0.15) is 11.1 Å². The Kier molecular flexibility index (Phi) is 4.82. The SMILES string of the molecule is O/N=C/c1cc(Cl)c(OCc2ccc(F)cc2)c(Cl)c1. The lowest BCUT2D eigenvalue weighted by atomic mass is 10.2. The highest BCUT2D eigenvalue weighted by atomic mass is 35.5. The maximum absolute atomic E-state index is 12.8. The third-order valence-electron chi connectivity index (χ3n) is 2.52. The van der Waals surface area contributed by atoms with Gasteiger partial charge in [-0.3, -0.25) is 0 Å². The zero-order chi connectivity index (χ0) is 14.5. The molecule has 0 aromatic heterocycles. The zero-order valence-electron chi connectivity index (χ0n) is 10.2. The Morgan fingerprint density at radius 1 is 1.15 bits per heavy atom. The Hall–Kier alpha value is -1.78. The number of hydrogen-bond acceptors (Lipinski definition) is 3. The van der Waals surface area contributed by atoms with Gasteiger partial charge >= 0.3 is 0 Å². The van der Waals surface area contributed by atoms with Gasteiger partial charge in [0.25, 0.3) is 0 Å². The predicted octanol–water partition coefficient (Wildman–Crippen LogP) is 4.52. The Morgan fingerprint density at radius 3 is 2.30 bits per heavy atom. The number of benzene rings is 2. The lowest BCUT2D eigenvalue weighted by molar-refractivity contribution is 0.306. The molecule has 0 amide bonds. The summed E-state index contributed by atoms with van der Waals surface area (Å²) in [4.78, 5) is 0. The van der Waals surface area contributed by atoms with Crippen molar-refractivity contribution in [2.24, 2.45) is 5.16 Å². The van der Waals surface area contributed by atoms with Crippen molar-refractivity contribution in [1.82, 2.24) is 0 Å². The van der Waals surface area contributed by atoms with Crippen molar-refractivity contribution < 1.29 is 14.3 Å². The first-order valence-electron chi connectivity index (χ1n) is 5.64. The molecule has 0 saturated carbocycles. The molecular formula is C14H10Cl2FNO2. The lowest BCUT2D eigenvalue weighted by Crippen LogP contribution is -1.97. The van der Waals surface area contributed by atoms with E-state index in [0.29, 0.717) is 21.4 Å². The summed E-state index contributed by atoms with van der Waals surface area (Å²) in [6.45, 7) is 0.215. The van der Waals surface area contributed by atoms with Crippen LogP contribution in [0.5, 0.6) is 5.75 Å². The third-order valence-corrected chi connectivity index (χ3v) is 3.09. The van der Waals surface area contributed by atoms with E-state index in [0.717, 1.165) is 5.56 Å². The van der Waals surface area contributed by atoms with E-state index < -0.39 is 0 Å². The highest BCUT2D eigenvalue weighted by Gasteiger charge is 2.09. The van der Waals surface area contributed by atoms with Crippen LogP contribution < -0.4 is 4.74 Å². The second kappa shape index (κ2) is 6.59. The summed E-state index contributed by atoms with van der Waals surface area (Å²) in [7, 11) is 0. The number of hydrogen-bond donors (Lipinski definition) is 1. The molecule has 0 aliphatic heterocycles. The number of ether oxygens (including phenoxy) is 1. The van der Waals surface area contributed by atoms with Crippen LogP contribution >= 0.6 is 23.2 Å². The van der Waals surface area contributed by atoms with Crippen molar-refractivity contribution in [2.45, 2.75) is 6.61 Å². The van der Waals surface area contributed by atoms with Crippen LogP contribution in [0.25, 0.3) is 0 Å². The van der Waals surface area contributed by atoms with Crippen LogP contribution in [-0.2, 0) is 6.61 Å². The summed E-state index contributed by atoms with van der Waals surface area (Å²) in [5.74, 6) is 0.0187. The molecule has 0 fully saturated rings. The van der Waals surface area contributed by atoms with Crippen molar-refractivity contribution >= 4 is 29.4 Å². The van der Waals surface area contributed by atoms with E-state index in [-0.39, 0.29) is 12.4 Å². The fourth-order valence-electron chi connectivity index (χ4n) is 1.59. The van der Waals surface area contributed by atoms with E-state index in [2.05, 4.69) is 5.16 Å². The van der Waals surface area contributed by atoms with Crippen molar-refractivity contribution in [2.75, 3.05) is 0 Å². The quantitative estimate of drug-likeness (QED) is 0.512. The highest BCUT2D eigenvalue weighted by molar-refractivity contribution is 6.37. The van der Waals surface area contributed by atoms with Gasteiger partial charge in [0.2, 0.25) is 0 Å². The topological polar surface area (TPSA) is 41.8 Å². The molecule has 0 aliphatic rings. The molecule has 104 valence electrons. The number of halogens is 3. The summed E-state index contributed by atoms with van der Waals surface area (Å²) >= 11 is 12.1. The first-order chi connectivity index (χ1) is 9.60. The van der Waals surface area contributed by atoms with Crippen LogP contribution in [0.4, 0.5) is 4.39 Å². The van der Waals surface area contributed by atoms with Crippen LogP contribution in [0.15, 0.2) is 41.6 Å². The third kappa shape index (κ3) is 3.62. The van der Waals surface area contributed by atoms with Gasteiger partial charge in [0.15, 0.2) is 5.75 Å². The molecule has 0 aliphatic carbocycles. The highest BCUT2D eigenvalue weighted by Crippen LogP contribution is 2.34. The normalized spacial score (nSPS) is 10.9. The summed E-state index contributed by atoms with van der Waals surface area (Å²) in [6.07, 6.45) is 1.21. The Labute approximate surface area is 125 Å². The first kappa shape index (κ1) is 14.6. The van der Waals surface area contributed by atoms with Crippen LogP contribution in [0, 0.1) is 5.82 Å². The van der Waals surface area contributed by atoms with Crippen molar-refractivity contribution in [3.05, 3.63) is 63.4 Å². The van der Waals surface area contributed by atoms with Gasteiger partial charge in [-0.05, 0) is 35.4 Å². The minimum Gasteiger partial charge on any atom is -0.486 e. The lowest BCUT2D eigenvalue weighted by Gasteiger charge is -2.10. The number of nitrogens with zero attached hydrogens (tertiary/aromatic N) is 1. The summed E-state index contributed by atoms with van der Waals surface area (Å²) in [5, 5.41) is 12.0.